The van der Waals surface area contributed by atoms with Crippen molar-refractivity contribution in [1.29, 1.82) is 0 Å². The lowest BCUT2D eigenvalue weighted by molar-refractivity contribution is 1.08. The molecule has 0 fully saturated rings. The maximum absolute atomic E-state index is 5.67. The quantitative estimate of drug-likeness (QED) is 0.632. The first-order valence-corrected chi connectivity index (χ1v) is 3.66. The van der Waals surface area contributed by atoms with E-state index in [4.69, 9.17) is 11.5 Å². The molecule has 0 spiro atoms. The molecule has 11 heavy (non-hydrogen) atoms. The summed E-state index contributed by atoms with van der Waals surface area (Å²) in [6.45, 7) is 4.03. The minimum absolute atomic E-state index is 0.430. The van der Waals surface area contributed by atoms with Gasteiger partial charge >= 0.3 is 0 Å². The maximum atomic E-state index is 5.67. The van der Waals surface area contributed by atoms with E-state index in [2.05, 4.69) is 11.9 Å². The number of aromatic nitrogens is 1. The Kier molecular flexibility index (Phi) is 1.98. The van der Waals surface area contributed by atoms with Gasteiger partial charge in [-0.3, -0.25) is 0 Å². The molecule has 0 aliphatic heterocycles. The van der Waals surface area contributed by atoms with Crippen molar-refractivity contribution in [2.75, 3.05) is 11.5 Å². The molecule has 0 bridgehead atoms. The van der Waals surface area contributed by atoms with Gasteiger partial charge in [-0.1, -0.05) is 6.92 Å². The van der Waals surface area contributed by atoms with Gasteiger partial charge in [0, 0.05) is 6.20 Å². The number of nitrogen functional groups attached to an aromatic ring is 2. The lowest BCUT2D eigenvalue weighted by atomic mass is 10.1. The highest BCUT2D eigenvalue weighted by Crippen LogP contribution is 2.19. The third-order valence-corrected chi connectivity index (χ3v) is 1.90. The molecular formula is C8H13N3. The van der Waals surface area contributed by atoms with Gasteiger partial charge < -0.3 is 11.5 Å². The number of nitrogens with zero attached hydrogens (tertiary/aromatic N) is 1. The summed E-state index contributed by atoms with van der Waals surface area (Å²) in [4.78, 5) is 3.96. The molecular weight excluding hydrogens is 138 g/mol. The number of hydrogen-bond donors (Lipinski definition) is 2. The zero-order valence-corrected chi connectivity index (χ0v) is 6.89. The highest BCUT2D eigenvalue weighted by atomic mass is 14.9. The van der Waals surface area contributed by atoms with Crippen LogP contribution in [0.1, 0.15) is 18.1 Å². The van der Waals surface area contributed by atoms with Gasteiger partial charge in [-0.15, -0.1) is 0 Å². The maximum Gasteiger partial charge on any atom is 0.146 e. The highest BCUT2D eigenvalue weighted by Gasteiger charge is 2.03. The zero-order chi connectivity index (χ0) is 8.43. The summed E-state index contributed by atoms with van der Waals surface area (Å²) < 4.78 is 0. The molecule has 0 aliphatic rings. The number of nitrogens with two attached hydrogens (primary N) is 2. The Balaban J connectivity index is 3.25. The van der Waals surface area contributed by atoms with E-state index in [0.29, 0.717) is 11.5 Å². The van der Waals surface area contributed by atoms with E-state index in [-0.39, 0.29) is 0 Å². The molecule has 0 amide bonds. The predicted molar refractivity (Wildman–Crippen MR) is 47.2 cm³/mol. The molecule has 1 heterocycles. The van der Waals surface area contributed by atoms with E-state index in [0.717, 1.165) is 17.5 Å². The van der Waals surface area contributed by atoms with Crippen molar-refractivity contribution < 1.29 is 0 Å². The van der Waals surface area contributed by atoms with Crippen LogP contribution in [-0.4, -0.2) is 4.98 Å². The van der Waals surface area contributed by atoms with E-state index in [1.54, 1.807) is 6.20 Å². The minimum atomic E-state index is 0.430. The summed E-state index contributed by atoms with van der Waals surface area (Å²) in [6.07, 6.45) is 2.73. The van der Waals surface area contributed by atoms with E-state index in [1.807, 2.05) is 6.92 Å². The standard InChI is InChI=1S/C8H13N3/c1-3-6-4-11-8(10)7(9)5(6)2/h4H,3,9H2,1-2H3,(H2,10,11). The Labute approximate surface area is 66.4 Å². The molecule has 0 radical (unpaired) electrons. The van der Waals surface area contributed by atoms with Crippen LogP contribution >= 0.6 is 0 Å². The number of hydrogen-bond acceptors (Lipinski definition) is 3. The predicted octanol–water partition coefficient (Wildman–Crippen LogP) is 1.12. The summed E-state index contributed by atoms with van der Waals surface area (Å²) in [5.74, 6) is 0.430. The lowest BCUT2D eigenvalue weighted by Gasteiger charge is -2.06. The Hall–Kier alpha value is -1.25. The average Bonchev–Trinajstić information content (AvgIpc) is 2.01. The first-order valence-electron chi connectivity index (χ1n) is 3.66. The molecule has 4 N–H and O–H groups in total. The molecule has 60 valence electrons. The minimum Gasteiger partial charge on any atom is -0.396 e. The lowest BCUT2D eigenvalue weighted by Crippen LogP contribution is -2.02. The van der Waals surface area contributed by atoms with Crippen LogP contribution in [0.4, 0.5) is 11.5 Å². The number of rotatable bonds is 1. The van der Waals surface area contributed by atoms with E-state index in [9.17, 15) is 0 Å². The van der Waals surface area contributed by atoms with Crippen molar-refractivity contribution >= 4 is 11.5 Å². The smallest absolute Gasteiger partial charge is 0.146 e. The summed E-state index contributed by atoms with van der Waals surface area (Å²) >= 11 is 0. The van der Waals surface area contributed by atoms with Crippen LogP contribution in [0.5, 0.6) is 0 Å². The molecule has 0 aliphatic carbocycles. The second kappa shape index (κ2) is 2.78. The topological polar surface area (TPSA) is 64.9 Å². The van der Waals surface area contributed by atoms with Crippen LogP contribution in [-0.2, 0) is 6.42 Å². The number of pyridine rings is 1. The summed E-state index contributed by atoms with van der Waals surface area (Å²) in [7, 11) is 0. The fourth-order valence-corrected chi connectivity index (χ4v) is 1.04. The molecule has 0 atom stereocenters. The molecule has 0 saturated carbocycles. The fraction of sp³-hybridized carbons (Fsp3) is 0.375. The van der Waals surface area contributed by atoms with Crippen LogP contribution in [0.25, 0.3) is 0 Å². The third-order valence-electron chi connectivity index (χ3n) is 1.90. The van der Waals surface area contributed by atoms with Crippen molar-refractivity contribution in [2.24, 2.45) is 0 Å². The third kappa shape index (κ3) is 1.27. The molecule has 0 saturated heterocycles. The van der Waals surface area contributed by atoms with Gasteiger partial charge in [0.1, 0.15) is 5.82 Å². The SMILES string of the molecule is CCc1cnc(N)c(N)c1C. The summed E-state index contributed by atoms with van der Waals surface area (Å²) in [6, 6.07) is 0. The number of anilines is 2. The van der Waals surface area contributed by atoms with E-state index in [1.165, 1.54) is 0 Å². The van der Waals surface area contributed by atoms with Gasteiger partial charge in [0.25, 0.3) is 0 Å². The average molecular weight is 151 g/mol. The first-order chi connectivity index (χ1) is 5.16. The van der Waals surface area contributed by atoms with Gasteiger partial charge in [-0.25, -0.2) is 4.98 Å². The molecule has 1 rings (SSSR count). The Bertz CT molecular complexity index is 268. The molecule has 1 aromatic heterocycles. The van der Waals surface area contributed by atoms with Crippen molar-refractivity contribution in [3.63, 3.8) is 0 Å². The monoisotopic (exact) mass is 151 g/mol. The van der Waals surface area contributed by atoms with E-state index >= 15 is 0 Å². The Morgan fingerprint density at radius 3 is 2.64 bits per heavy atom. The highest BCUT2D eigenvalue weighted by molar-refractivity contribution is 5.64. The van der Waals surface area contributed by atoms with Crippen molar-refractivity contribution in [3.05, 3.63) is 17.3 Å². The Morgan fingerprint density at radius 1 is 1.45 bits per heavy atom. The van der Waals surface area contributed by atoms with Crippen LogP contribution in [0.2, 0.25) is 0 Å². The number of aryl methyl sites for hydroxylation is 1. The van der Waals surface area contributed by atoms with E-state index < -0.39 is 0 Å². The van der Waals surface area contributed by atoms with Gasteiger partial charge in [0.2, 0.25) is 0 Å². The van der Waals surface area contributed by atoms with Crippen LogP contribution in [0.15, 0.2) is 6.20 Å². The molecule has 0 aromatic carbocycles. The molecule has 1 aromatic rings. The summed E-state index contributed by atoms with van der Waals surface area (Å²) in [5, 5.41) is 0. The van der Waals surface area contributed by atoms with Crippen LogP contribution in [0, 0.1) is 6.92 Å². The largest absolute Gasteiger partial charge is 0.396 e. The van der Waals surface area contributed by atoms with Crippen molar-refractivity contribution in [3.8, 4) is 0 Å². The van der Waals surface area contributed by atoms with Gasteiger partial charge in [-0.2, -0.15) is 0 Å². The normalized spacial score (nSPS) is 10.0. The summed E-state index contributed by atoms with van der Waals surface area (Å²) in [5.41, 5.74) is 14.0. The zero-order valence-electron chi connectivity index (χ0n) is 6.89. The van der Waals surface area contributed by atoms with Crippen molar-refractivity contribution in [2.45, 2.75) is 20.3 Å². The first kappa shape index (κ1) is 7.85. The molecule has 0 unspecified atom stereocenters. The van der Waals surface area contributed by atoms with Gasteiger partial charge in [0.05, 0.1) is 5.69 Å². The van der Waals surface area contributed by atoms with Crippen LogP contribution in [0.3, 0.4) is 0 Å². The Morgan fingerprint density at radius 2 is 2.09 bits per heavy atom. The second-order valence-corrected chi connectivity index (χ2v) is 2.56. The molecule has 3 nitrogen and oxygen atoms in total. The molecule has 3 heteroatoms. The van der Waals surface area contributed by atoms with Gasteiger partial charge in [0.15, 0.2) is 0 Å². The fourth-order valence-electron chi connectivity index (χ4n) is 1.04. The van der Waals surface area contributed by atoms with Gasteiger partial charge in [-0.05, 0) is 24.5 Å². The van der Waals surface area contributed by atoms with Crippen LogP contribution < -0.4 is 11.5 Å². The second-order valence-electron chi connectivity index (χ2n) is 2.56. The van der Waals surface area contributed by atoms with Crippen molar-refractivity contribution in [1.82, 2.24) is 4.98 Å².